The summed E-state index contributed by atoms with van der Waals surface area (Å²) in [5.41, 5.74) is 0.816. The second-order valence-electron chi connectivity index (χ2n) is 6.69. The van der Waals surface area contributed by atoms with E-state index in [-0.39, 0.29) is 28.9 Å². The molecule has 29 heavy (non-hydrogen) atoms. The molecule has 2 aromatic carbocycles. The van der Waals surface area contributed by atoms with Gasteiger partial charge in [0.25, 0.3) is 5.91 Å². The van der Waals surface area contributed by atoms with E-state index in [0.29, 0.717) is 5.56 Å². The lowest BCUT2D eigenvalue weighted by Crippen LogP contribution is -2.35. The maximum absolute atomic E-state index is 12.9. The maximum Gasteiger partial charge on any atom is 0.338 e. The van der Waals surface area contributed by atoms with Gasteiger partial charge in [0.2, 0.25) is 10.0 Å². The molecule has 0 aromatic heterocycles. The average Bonchev–Trinajstić information content (AvgIpc) is 2.66. The van der Waals surface area contributed by atoms with Crippen LogP contribution in [0.4, 0.5) is 4.39 Å². The Kier molecular flexibility index (Phi) is 7.46. The highest BCUT2D eigenvalue weighted by Crippen LogP contribution is 2.13. The minimum absolute atomic E-state index is 0.0211. The molecule has 1 unspecified atom stereocenters. The Morgan fingerprint density at radius 1 is 1.00 bits per heavy atom. The summed E-state index contributed by atoms with van der Waals surface area (Å²) in [5.74, 6) is -1.64. The standard InChI is InChI=1S/C20H23FN2O5S/c1-13(2)23-29(26,27)18-10-6-16(7-11-18)20(25)28-14(3)19(24)22-12-15-4-8-17(21)9-5-15/h4-11,13-14,23H,12H2,1-3H3,(H,22,24). The van der Waals surface area contributed by atoms with Crippen molar-refractivity contribution in [3.63, 3.8) is 0 Å². The van der Waals surface area contributed by atoms with E-state index in [1.54, 1.807) is 13.8 Å². The van der Waals surface area contributed by atoms with Crippen molar-refractivity contribution in [3.05, 3.63) is 65.5 Å². The summed E-state index contributed by atoms with van der Waals surface area (Å²) in [6.07, 6.45) is -1.06. The minimum atomic E-state index is -3.66. The van der Waals surface area contributed by atoms with Crippen LogP contribution in [0.25, 0.3) is 0 Å². The summed E-state index contributed by atoms with van der Waals surface area (Å²) in [7, 11) is -3.66. The lowest BCUT2D eigenvalue weighted by molar-refractivity contribution is -0.129. The lowest BCUT2D eigenvalue weighted by atomic mass is 10.2. The van der Waals surface area contributed by atoms with Gasteiger partial charge in [-0.2, -0.15) is 0 Å². The molecule has 0 spiro atoms. The van der Waals surface area contributed by atoms with Crippen molar-refractivity contribution in [1.29, 1.82) is 0 Å². The van der Waals surface area contributed by atoms with E-state index in [0.717, 1.165) is 0 Å². The number of hydrogen-bond donors (Lipinski definition) is 2. The number of sulfonamides is 1. The molecule has 2 rings (SSSR count). The third-order valence-corrected chi connectivity index (χ3v) is 5.50. The molecule has 9 heteroatoms. The number of nitrogens with one attached hydrogen (secondary N) is 2. The first kappa shape index (κ1) is 22.5. The second-order valence-corrected chi connectivity index (χ2v) is 8.41. The van der Waals surface area contributed by atoms with Crippen molar-refractivity contribution < 1.29 is 27.1 Å². The number of esters is 1. The smallest absolute Gasteiger partial charge is 0.338 e. The van der Waals surface area contributed by atoms with Crippen LogP contribution in [0.15, 0.2) is 53.4 Å². The zero-order valence-electron chi connectivity index (χ0n) is 16.3. The molecule has 0 aliphatic heterocycles. The molecule has 0 saturated heterocycles. The number of carbonyl (C=O) groups excluding carboxylic acids is 2. The summed E-state index contributed by atoms with van der Waals surface area (Å²) in [5, 5.41) is 2.60. The number of benzene rings is 2. The molecule has 0 saturated carbocycles. The van der Waals surface area contributed by atoms with E-state index in [1.165, 1.54) is 55.5 Å². The van der Waals surface area contributed by atoms with Crippen molar-refractivity contribution in [3.8, 4) is 0 Å². The third kappa shape index (κ3) is 6.65. The fourth-order valence-corrected chi connectivity index (χ4v) is 3.62. The largest absolute Gasteiger partial charge is 0.449 e. The van der Waals surface area contributed by atoms with E-state index in [1.807, 2.05) is 0 Å². The van der Waals surface area contributed by atoms with Gasteiger partial charge in [-0.25, -0.2) is 22.3 Å². The molecule has 0 heterocycles. The first-order chi connectivity index (χ1) is 13.6. The van der Waals surface area contributed by atoms with Crippen LogP contribution >= 0.6 is 0 Å². The van der Waals surface area contributed by atoms with Crippen LogP contribution in [0.3, 0.4) is 0 Å². The second kappa shape index (κ2) is 9.62. The monoisotopic (exact) mass is 422 g/mol. The molecule has 1 atom stereocenters. The van der Waals surface area contributed by atoms with Crippen LogP contribution in [-0.2, 0) is 26.1 Å². The van der Waals surface area contributed by atoms with E-state index in [2.05, 4.69) is 10.0 Å². The van der Waals surface area contributed by atoms with Crippen LogP contribution in [0, 0.1) is 5.82 Å². The molecule has 0 aliphatic rings. The average molecular weight is 422 g/mol. The van der Waals surface area contributed by atoms with Crippen molar-refractivity contribution in [2.75, 3.05) is 0 Å². The number of rotatable bonds is 8. The Morgan fingerprint density at radius 3 is 2.14 bits per heavy atom. The van der Waals surface area contributed by atoms with E-state index >= 15 is 0 Å². The lowest BCUT2D eigenvalue weighted by Gasteiger charge is -2.14. The Bertz CT molecular complexity index is 957. The number of ether oxygens (including phenoxy) is 1. The SMILES string of the molecule is CC(C)NS(=O)(=O)c1ccc(C(=O)OC(C)C(=O)NCc2ccc(F)cc2)cc1. The number of amides is 1. The molecule has 0 aliphatic carbocycles. The summed E-state index contributed by atoms with van der Waals surface area (Å²) in [6, 6.07) is 10.6. The Balaban J connectivity index is 1.93. The minimum Gasteiger partial charge on any atom is -0.449 e. The highest BCUT2D eigenvalue weighted by Gasteiger charge is 2.20. The van der Waals surface area contributed by atoms with Crippen LogP contribution in [0.1, 0.15) is 36.7 Å². The van der Waals surface area contributed by atoms with Crippen molar-refractivity contribution in [2.24, 2.45) is 0 Å². The van der Waals surface area contributed by atoms with E-state index in [9.17, 15) is 22.4 Å². The first-order valence-corrected chi connectivity index (χ1v) is 10.4. The predicted molar refractivity (Wildman–Crippen MR) is 105 cm³/mol. The van der Waals surface area contributed by atoms with Gasteiger partial charge in [0.1, 0.15) is 5.82 Å². The summed E-state index contributed by atoms with van der Waals surface area (Å²) < 4.78 is 44.6. The molecular weight excluding hydrogens is 399 g/mol. The van der Waals surface area contributed by atoms with Gasteiger partial charge >= 0.3 is 5.97 Å². The van der Waals surface area contributed by atoms with Crippen LogP contribution in [-0.4, -0.2) is 32.4 Å². The van der Waals surface area contributed by atoms with Gasteiger partial charge in [-0.15, -0.1) is 0 Å². The molecule has 2 N–H and O–H groups in total. The van der Waals surface area contributed by atoms with Crippen molar-refractivity contribution in [1.82, 2.24) is 10.0 Å². The van der Waals surface area contributed by atoms with Gasteiger partial charge in [-0.3, -0.25) is 4.79 Å². The number of halogens is 1. The highest BCUT2D eigenvalue weighted by atomic mass is 32.2. The zero-order valence-corrected chi connectivity index (χ0v) is 17.1. The van der Waals surface area contributed by atoms with Crippen LogP contribution in [0.5, 0.6) is 0 Å². The summed E-state index contributed by atoms with van der Waals surface area (Å²) >= 11 is 0. The van der Waals surface area contributed by atoms with Crippen LogP contribution < -0.4 is 10.0 Å². The zero-order chi connectivity index (χ0) is 21.6. The Labute approximate surface area is 169 Å². The highest BCUT2D eigenvalue weighted by molar-refractivity contribution is 7.89. The maximum atomic E-state index is 12.9. The van der Waals surface area contributed by atoms with E-state index in [4.69, 9.17) is 4.74 Å². The van der Waals surface area contributed by atoms with Gasteiger partial charge in [-0.1, -0.05) is 12.1 Å². The number of hydrogen-bond acceptors (Lipinski definition) is 5. The number of carbonyl (C=O) groups is 2. The first-order valence-electron chi connectivity index (χ1n) is 8.94. The Morgan fingerprint density at radius 2 is 1.59 bits per heavy atom. The Hall–Kier alpha value is -2.78. The predicted octanol–water partition coefficient (Wildman–Crippen LogP) is 2.37. The van der Waals surface area contributed by atoms with Crippen molar-refractivity contribution in [2.45, 2.75) is 44.4 Å². The molecular formula is C20H23FN2O5S. The topological polar surface area (TPSA) is 102 Å². The van der Waals surface area contributed by atoms with Gasteiger partial charge in [-0.05, 0) is 62.7 Å². The molecule has 0 bridgehead atoms. The summed E-state index contributed by atoms with van der Waals surface area (Å²) in [4.78, 5) is 24.3. The molecule has 0 fully saturated rings. The van der Waals surface area contributed by atoms with Gasteiger partial charge in [0.05, 0.1) is 10.5 Å². The van der Waals surface area contributed by atoms with Crippen LogP contribution in [0.2, 0.25) is 0 Å². The quantitative estimate of drug-likeness (QED) is 0.636. The van der Waals surface area contributed by atoms with Gasteiger partial charge < -0.3 is 10.1 Å². The molecule has 1 amide bonds. The summed E-state index contributed by atoms with van der Waals surface area (Å²) in [6.45, 7) is 4.98. The molecule has 0 radical (unpaired) electrons. The molecule has 2 aromatic rings. The normalized spacial score (nSPS) is 12.4. The molecule has 7 nitrogen and oxygen atoms in total. The van der Waals surface area contributed by atoms with Gasteiger partial charge in [0, 0.05) is 12.6 Å². The van der Waals surface area contributed by atoms with Gasteiger partial charge in [0.15, 0.2) is 6.10 Å². The van der Waals surface area contributed by atoms with Crippen molar-refractivity contribution >= 4 is 21.9 Å². The fraction of sp³-hybridized carbons (Fsp3) is 0.300. The third-order valence-electron chi connectivity index (χ3n) is 3.82. The van der Waals surface area contributed by atoms with E-state index < -0.39 is 28.0 Å². The fourth-order valence-electron chi connectivity index (χ4n) is 2.37. The molecule has 156 valence electrons.